The van der Waals surface area contributed by atoms with Crippen molar-refractivity contribution in [2.75, 3.05) is 5.32 Å². The number of anilines is 1. The van der Waals surface area contributed by atoms with Gasteiger partial charge in [0.05, 0.1) is 5.69 Å². The molecule has 0 bridgehead atoms. The Morgan fingerprint density at radius 3 is 2.45 bits per heavy atom. The molecule has 0 aliphatic rings. The Morgan fingerprint density at radius 1 is 0.931 bits per heavy atom. The molecule has 0 saturated carbocycles. The van der Waals surface area contributed by atoms with Crippen molar-refractivity contribution >= 4 is 27.5 Å². The van der Waals surface area contributed by atoms with Crippen molar-refractivity contribution in [2.45, 2.75) is 13.8 Å². The van der Waals surface area contributed by atoms with Crippen LogP contribution in [0, 0.1) is 13.8 Å². The fourth-order valence-corrected chi connectivity index (χ4v) is 3.37. The molecule has 29 heavy (non-hydrogen) atoms. The molecule has 0 fully saturated rings. The third-order valence-electron chi connectivity index (χ3n) is 4.66. The number of carbonyl (C=O) groups is 1. The van der Waals surface area contributed by atoms with Gasteiger partial charge >= 0.3 is 0 Å². The Kier molecular flexibility index (Phi) is 5.27. The topological polar surface area (TPSA) is 59.8 Å². The molecule has 1 amide bonds. The number of carbonyl (C=O) groups excluding carboxylic acids is 1. The first-order valence-corrected chi connectivity index (χ1v) is 9.97. The van der Waals surface area contributed by atoms with Crippen LogP contribution >= 0.6 is 15.9 Å². The molecule has 1 N–H and O–H groups in total. The normalized spacial score (nSPS) is 10.7. The number of rotatable bonds is 4. The highest BCUT2D eigenvalue weighted by Gasteiger charge is 2.19. The Hall–Kier alpha value is -3.25. The summed E-state index contributed by atoms with van der Waals surface area (Å²) in [5.74, 6) is 0.373. The van der Waals surface area contributed by atoms with Crippen LogP contribution in [0.15, 0.2) is 77.3 Å². The van der Waals surface area contributed by atoms with Crippen molar-refractivity contribution in [1.29, 1.82) is 0 Å². The van der Waals surface area contributed by atoms with E-state index in [9.17, 15) is 4.79 Å². The second-order valence-corrected chi connectivity index (χ2v) is 7.69. The molecular formula is C23H19BrN4O. The van der Waals surface area contributed by atoms with Gasteiger partial charge in [-0.2, -0.15) is 0 Å². The number of benzene rings is 3. The van der Waals surface area contributed by atoms with Gasteiger partial charge in [-0.05, 0) is 55.3 Å². The molecule has 4 rings (SSSR count). The van der Waals surface area contributed by atoms with Gasteiger partial charge in [0.25, 0.3) is 5.91 Å². The summed E-state index contributed by atoms with van der Waals surface area (Å²) in [4.78, 5) is 17.4. The lowest BCUT2D eigenvalue weighted by atomic mass is 10.1. The molecule has 1 heterocycles. The standard InChI is InChI=1S/C23H19BrN4O/c1-15-11-12-20(13-16(15)2)28-22(17-7-4-3-5-8-17)26-21(27-28)23(29)25-19-10-6-9-18(24)14-19/h3-14H,1-2H3,(H,25,29). The van der Waals surface area contributed by atoms with Gasteiger partial charge in [-0.1, -0.05) is 58.4 Å². The number of hydrogen-bond acceptors (Lipinski definition) is 3. The predicted octanol–water partition coefficient (Wildman–Crippen LogP) is 5.57. The molecular weight excluding hydrogens is 428 g/mol. The van der Waals surface area contributed by atoms with E-state index in [0.29, 0.717) is 11.5 Å². The van der Waals surface area contributed by atoms with Gasteiger partial charge in [0.15, 0.2) is 5.82 Å². The van der Waals surface area contributed by atoms with Crippen molar-refractivity contribution in [3.05, 3.63) is 94.2 Å². The first-order chi connectivity index (χ1) is 14.0. The average molecular weight is 447 g/mol. The highest BCUT2D eigenvalue weighted by atomic mass is 79.9. The van der Waals surface area contributed by atoms with Crippen molar-refractivity contribution in [3.8, 4) is 17.1 Å². The zero-order valence-corrected chi connectivity index (χ0v) is 17.6. The predicted molar refractivity (Wildman–Crippen MR) is 118 cm³/mol. The highest BCUT2D eigenvalue weighted by molar-refractivity contribution is 9.10. The summed E-state index contributed by atoms with van der Waals surface area (Å²) >= 11 is 3.41. The van der Waals surface area contributed by atoms with Crippen molar-refractivity contribution in [3.63, 3.8) is 0 Å². The van der Waals surface area contributed by atoms with Crippen molar-refractivity contribution < 1.29 is 4.79 Å². The molecule has 0 aliphatic carbocycles. The van der Waals surface area contributed by atoms with Crippen LogP contribution in [0.25, 0.3) is 17.1 Å². The fraction of sp³-hybridized carbons (Fsp3) is 0.0870. The minimum Gasteiger partial charge on any atom is -0.319 e. The fourth-order valence-electron chi connectivity index (χ4n) is 2.97. The quantitative estimate of drug-likeness (QED) is 0.445. The highest BCUT2D eigenvalue weighted by Crippen LogP contribution is 2.23. The van der Waals surface area contributed by atoms with Crippen molar-refractivity contribution in [1.82, 2.24) is 14.8 Å². The maximum Gasteiger partial charge on any atom is 0.295 e. The molecule has 3 aromatic carbocycles. The van der Waals surface area contributed by atoms with Crippen LogP contribution in [0.4, 0.5) is 5.69 Å². The van der Waals surface area contributed by atoms with E-state index in [1.807, 2.05) is 72.8 Å². The van der Waals surface area contributed by atoms with Crippen LogP contribution in [0.3, 0.4) is 0 Å². The number of hydrogen-bond donors (Lipinski definition) is 1. The molecule has 6 heteroatoms. The summed E-state index contributed by atoms with van der Waals surface area (Å²) in [6.07, 6.45) is 0. The Labute approximate surface area is 177 Å². The second-order valence-electron chi connectivity index (χ2n) is 6.77. The zero-order valence-electron chi connectivity index (χ0n) is 16.1. The summed E-state index contributed by atoms with van der Waals surface area (Å²) in [6, 6.07) is 23.2. The van der Waals surface area contributed by atoms with Crippen LogP contribution in [0.1, 0.15) is 21.7 Å². The number of amides is 1. The number of aromatic nitrogens is 3. The number of halogens is 1. The molecule has 4 aromatic rings. The van der Waals surface area contributed by atoms with E-state index in [0.717, 1.165) is 21.3 Å². The van der Waals surface area contributed by atoms with Crippen LogP contribution in [0.5, 0.6) is 0 Å². The van der Waals surface area contributed by atoms with Gasteiger partial charge in [0, 0.05) is 15.7 Å². The lowest BCUT2D eigenvalue weighted by Crippen LogP contribution is -2.14. The van der Waals surface area contributed by atoms with Crippen LogP contribution in [-0.2, 0) is 0 Å². The maximum atomic E-state index is 12.8. The zero-order chi connectivity index (χ0) is 20.4. The molecule has 0 radical (unpaired) electrons. The second kappa shape index (κ2) is 8.01. The first-order valence-electron chi connectivity index (χ1n) is 9.18. The Bertz CT molecular complexity index is 1180. The van der Waals surface area contributed by atoms with Gasteiger partial charge in [0.2, 0.25) is 5.82 Å². The van der Waals surface area contributed by atoms with Crippen LogP contribution in [0.2, 0.25) is 0 Å². The smallest absolute Gasteiger partial charge is 0.295 e. The molecule has 0 unspecified atom stereocenters. The summed E-state index contributed by atoms with van der Waals surface area (Å²) in [7, 11) is 0. The third kappa shape index (κ3) is 4.12. The number of nitrogens with zero attached hydrogens (tertiary/aromatic N) is 3. The molecule has 0 saturated heterocycles. The Morgan fingerprint density at radius 2 is 1.72 bits per heavy atom. The van der Waals surface area contributed by atoms with E-state index in [4.69, 9.17) is 0 Å². The summed E-state index contributed by atoms with van der Waals surface area (Å²) in [5.41, 5.74) is 4.77. The lowest BCUT2D eigenvalue weighted by Gasteiger charge is -2.08. The largest absolute Gasteiger partial charge is 0.319 e. The van der Waals surface area contributed by atoms with Gasteiger partial charge < -0.3 is 5.32 Å². The van der Waals surface area contributed by atoms with Crippen LogP contribution < -0.4 is 5.32 Å². The minimum absolute atomic E-state index is 0.113. The summed E-state index contributed by atoms with van der Waals surface area (Å²) in [6.45, 7) is 4.12. The lowest BCUT2D eigenvalue weighted by molar-refractivity contribution is 0.101. The van der Waals surface area contributed by atoms with E-state index < -0.39 is 0 Å². The van der Waals surface area contributed by atoms with Gasteiger partial charge in [0.1, 0.15) is 0 Å². The van der Waals surface area contributed by atoms with Crippen molar-refractivity contribution in [2.24, 2.45) is 0 Å². The molecule has 0 spiro atoms. The average Bonchev–Trinajstić information content (AvgIpc) is 3.16. The monoisotopic (exact) mass is 446 g/mol. The van der Waals surface area contributed by atoms with E-state index >= 15 is 0 Å². The first kappa shape index (κ1) is 19.1. The van der Waals surface area contributed by atoms with E-state index in [-0.39, 0.29) is 11.7 Å². The van der Waals surface area contributed by atoms with E-state index in [1.165, 1.54) is 5.56 Å². The van der Waals surface area contributed by atoms with Gasteiger partial charge in [-0.3, -0.25) is 4.79 Å². The van der Waals surface area contributed by atoms with E-state index in [2.05, 4.69) is 45.2 Å². The maximum absolute atomic E-state index is 12.8. The van der Waals surface area contributed by atoms with Gasteiger partial charge in [-0.25, -0.2) is 9.67 Å². The Balaban J connectivity index is 1.77. The summed E-state index contributed by atoms with van der Waals surface area (Å²) < 4.78 is 2.60. The van der Waals surface area contributed by atoms with Crippen LogP contribution in [-0.4, -0.2) is 20.7 Å². The number of nitrogens with one attached hydrogen (secondary N) is 1. The summed E-state index contributed by atoms with van der Waals surface area (Å²) in [5, 5.41) is 7.38. The molecule has 1 aromatic heterocycles. The molecule has 0 aliphatic heterocycles. The minimum atomic E-state index is -0.358. The van der Waals surface area contributed by atoms with Gasteiger partial charge in [-0.15, -0.1) is 5.10 Å². The van der Waals surface area contributed by atoms with E-state index in [1.54, 1.807) is 4.68 Å². The molecule has 144 valence electrons. The third-order valence-corrected chi connectivity index (χ3v) is 5.15. The molecule has 0 atom stereocenters. The molecule has 5 nitrogen and oxygen atoms in total. The SMILES string of the molecule is Cc1ccc(-n2nc(C(=O)Nc3cccc(Br)c3)nc2-c2ccccc2)cc1C. The number of aryl methyl sites for hydroxylation is 2.